The molecule has 4 nitrogen and oxygen atoms in total. The van der Waals surface area contributed by atoms with Crippen molar-refractivity contribution < 1.29 is 4.79 Å². The van der Waals surface area contributed by atoms with Crippen LogP contribution in [0.2, 0.25) is 5.02 Å². The summed E-state index contributed by atoms with van der Waals surface area (Å²) in [5, 5.41) is 13.0. The van der Waals surface area contributed by atoms with Gasteiger partial charge in [0.15, 0.2) is 0 Å². The molecule has 0 saturated heterocycles. The van der Waals surface area contributed by atoms with Crippen molar-refractivity contribution in [1.29, 1.82) is 0 Å². The van der Waals surface area contributed by atoms with Crippen molar-refractivity contribution in [2.75, 3.05) is 11.1 Å². The number of nitrogens with zero attached hydrogens (tertiary/aromatic N) is 2. The van der Waals surface area contributed by atoms with Crippen molar-refractivity contribution in [2.45, 2.75) is 11.3 Å². The van der Waals surface area contributed by atoms with Gasteiger partial charge in [-0.2, -0.15) is 0 Å². The van der Waals surface area contributed by atoms with Gasteiger partial charge in [0, 0.05) is 27.7 Å². The second-order valence-electron chi connectivity index (χ2n) is 4.88. The van der Waals surface area contributed by atoms with E-state index in [1.165, 1.54) is 11.3 Å². The zero-order chi connectivity index (χ0) is 16.8. The van der Waals surface area contributed by atoms with E-state index in [0.29, 0.717) is 22.3 Å². The Morgan fingerprint density at radius 1 is 1.08 bits per heavy atom. The predicted octanol–water partition coefficient (Wildman–Crippen LogP) is 4.98. The highest BCUT2D eigenvalue weighted by atomic mass is 35.5. The van der Waals surface area contributed by atoms with E-state index in [1.807, 2.05) is 54.6 Å². The van der Waals surface area contributed by atoms with Crippen molar-refractivity contribution in [1.82, 2.24) is 10.2 Å². The van der Waals surface area contributed by atoms with Crippen molar-refractivity contribution in [2.24, 2.45) is 0 Å². The first-order chi connectivity index (χ1) is 11.7. The summed E-state index contributed by atoms with van der Waals surface area (Å²) in [6.07, 6.45) is 0.410. The highest BCUT2D eigenvalue weighted by Gasteiger charge is 2.09. The highest BCUT2D eigenvalue weighted by Crippen LogP contribution is 2.26. The average Bonchev–Trinajstić information content (AvgIpc) is 3.06. The Morgan fingerprint density at radius 2 is 1.83 bits per heavy atom. The van der Waals surface area contributed by atoms with Crippen molar-refractivity contribution >= 4 is 45.7 Å². The lowest BCUT2D eigenvalue weighted by Crippen LogP contribution is -2.11. The van der Waals surface area contributed by atoms with Gasteiger partial charge >= 0.3 is 0 Å². The molecule has 7 heteroatoms. The minimum Gasteiger partial charge on any atom is -0.300 e. The van der Waals surface area contributed by atoms with Gasteiger partial charge in [-0.3, -0.25) is 4.79 Å². The Hall–Kier alpha value is -1.89. The number of thioether (sulfide) groups is 1. The monoisotopic (exact) mass is 375 g/mol. The largest absolute Gasteiger partial charge is 0.300 e. The predicted molar refractivity (Wildman–Crippen MR) is 101 cm³/mol. The number of benzene rings is 2. The van der Waals surface area contributed by atoms with Gasteiger partial charge in [0.2, 0.25) is 11.0 Å². The summed E-state index contributed by atoms with van der Waals surface area (Å²) in [5.74, 6) is 0.630. The van der Waals surface area contributed by atoms with Gasteiger partial charge in [0.1, 0.15) is 5.01 Å². The minimum absolute atomic E-state index is 0.0628. The number of aromatic nitrogens is 2. The molecule has 3 aromatic rings. The van der Waals surface area contributed by atoms with Gasteiger partial charge in [0.05, 0.1) is 0 Å². The van der Waals surface area contributed by atoms with Gasteiger partial charge in [-0.25, -0.2) is 0 Å². The van der Waals surface area contributed by atoms with Gasteiger partial charge in [-0.05, 0) is 24.3 Å². The molecule has 0 aliphatic rings. The van der Waals surface area contributed by atoms with E-state index in [2.05, 4.69) is 15.5 Å². The van der Waals surface area contributed by atoms with E-state index in [4.69, 9.17) is 11.6 Å². The first-order valence-corrected chi connectivity index (χ1v) is 9.46. The summed E-state index contributed by atoms with van der Waals surface area (Å²) in [4.78, 5) is 13.1. The fourth-order valence-electron chi connectivity index (χ4n) is 1.95. The van der Waals surface area contributed by atoms with E-state index in [1.54, 1.807) is 11.8 Å². The number of rotatable bonds is 6. The van der Waals surface area contributed by atoms with Crippen molar-refractivity contribution in [3.8, 4) is 10.6 Å². The SMILES string of the molecule is O=C(CCSc1ccc(Cl)cc1)Nc1nnc(-c2ccccc2)s1. The number of halogens is 1. The molecule has 0 spiro atoms. The van der Waals surface area contributed by atoms with Gasteiger partial charge in [-0.1, -0.05) is 53.3 Å². The van der Waals surface area contributed by atoms with Gasteiger partial charge in [0.25, 0.3) is 0 Å². The topological polar surface area (TPSA) is 54.9 Å². The lowest BCUT2D eigenvalue weighted by molar-refractivity contribution is -0.115. The number of carbonyl (C=O) groups excluding carboxylic acids is 1. The first-order valence-electron chi connectivity index (χ1n) is 7.28. The van der Waals surface area contributed by atoms with E-state index in [0.717, 1.165) is 15.5 Å². The summed E-state index contributed by atoms with van der Waals surface area (Å²) in [5.41, 5.74) is 0.994. The van der Waals surface area contributed by atoms with Crippen molar-refractivity contribution in [3.05, 3.63) is 59.6 Å². The first kappa shape index (κ1) is 17.0. The normalized spacial score (nSPS) is 10.5. The molecule has 1 amide bonds. The van der Waals surface area contributed by atoms with Crippen LogP contribution in [-0.2, 0) is 4.79 Å². The summed E-state index contributed by atoms with van der Waals surface area (Å²) in [6.45, 7) is 0. The maximum atomic E-state index is 12.0. The molecule has 0 aliphatic carbocycles. The summed E-state index contributed by atoms with van der Waals surface area (Å²) in [7, 11) is 0. The van der Waals surface area contributed by atoms with Crippen LogP contribution in [0, 0.1) is 0 Å². The number of amides is 1. The second-order valence-corrected chi connectivity index (χ2v) is 7.46. The van der Waals surface area contributed by atoms with Crippen LogP contribution in [0.4, 0.5) is 5.13 Å². The van der Waals surface area contributed by atoms with Crippen LogP contribution in [0.15, 0.2) is 59.5 Å². The van der Waals surface area contributed by atoms with Gasteiger partial charge in [-0.15, -0.1) is 22.0 Å². The molecule has 1 aromatic heterocycles. The Balaban J connectivity index is 1.48. The molecule has 3 rings (SSSR count). The van der Waals surface area contributed by atoms with E-state index < -0.39 is 0 Å². The van der Waals surface area contributed by atoms with E-state index in [9.17, 15) is 4.79 Å². The lowest BCUT2D eigenvalue weighted by Gasteiger charge is -2.02. The van der Waals surface area contributed by atoms with Gasteiger partial charge < -0.3 is 5.32 Å². The molecule has 1 heterocycles. The number of nitrogens with one attached hydrogen (secondary N) is 1. The summed E-state index contributed by atoms with van der Waals surface area (Å²) >= 11 is 8.84. The number of hydrogen-bond donors (Lipinski definition) is 1. The molecule has 0 fully saturated rings. The zero-order valence-corrected chi connectivity index (χ0v) is 15.0. The van der Waals surface area contributed by atoms with Crippen molar-refractivity contribution in [3.63, 3.8) is 0 Å². The minimum atomic E-state index is -0.0628. The number of carbonyl (C=O) groups is 1. The van der Waals surface area contributed by atoms with Crippen LogP contribution in [0.5, 0.6) is 0 Å². The quantitative estimate of drug-likeness (QED) is 0.617. The molecule has 122 valence electrons. The molecule has 0 saturated carbocycles. The molecule has 0 atom stereocenters. The molecule has 2 aromatic carbocycles. The third kappa shape index (κ3) is 4.80. The maximum absolute atomic E-state index is 12.0. The van der Waals surface area contributed by atoms with Crippen LogP contribution in [0.3, 0.4) is 0 Å². The molecule has 0 unspecified atom stereocenters. The summed E-state index contributed by atoms with van der Waals surface area (Å²) < 4.78 is 0. The number of anilines is 1. The highest BCUT2D eigenvalue weighted by molar-refractivity contribution is 7.99. The van der Waals surface area contributed by atoms with Crippen LogP contribution in [0.1, 0.15) is 6.42 Å². The van der Waals surface area contributed by atoms with E-state index in [-0.39, 0.29) is 5.91 Å². The molecular formula is C17H14ClN3OS2. The smallest absolute Gasteiger partial charge is 0.227 e. The average molecular weight is 376 g/mol. The van der Waals surface area contributed by atoms with Crippen LogP contribution < -0.4 is 5.32 Å². The maximum Gasteiger partial charge on any atom is 0.227 e. The van der Waals surface area contributed by atoms with E-state index >= 15 is 0 Å². The molecular weight excluding hydrogens is 362 g/mol. The second kappa shape index (κ2) is 8.28. The molecule has 0 bridgehead atoms. The van der Waals surface area contributed by atoms with Crippen LogP contribution in [0.25, 0.3) is 10.6 Å². The third-order valence-electron chi connectivity index (χ3n) is 3.10. The Morgan fingerprint density at radius 3 is 2.58 bits per heavy atom. The molecule has 1 N–H and O–H groups in total. The molecule has 24 heavy (non-hydrogen) atoms. The Labute approximate surface area is 153 Å². The lowest BCUT2D eigenvalue weighted by atomic mass is 10.2. The van der Waals surface area contributed by atoms with Crippen LogP contribution >= 0.6 is 34.7 Å². The fourth-order valence-corrected chi connectivity index (χ4v) is 3.69. The van der Waals surface area contributed by atoms with Crippen LogP contribution in [-0.4, -0.2) is 21.9 Å². The summed E-state index contributed by atoms with van der Waals surface area (Å²) in [6, 6.07) is 17.4. The Bertz CT molecular complexity index is 806. The molecule has 0 aliphatic heterocycles. The standard InChI is InChI=1S/C17H14ClN3OS2/c18-13-6-8-14(9-7-13)23-11-10-15(22)19-17-21-20-16(24-17)12-4-2-1-3-5-12/h1-9H,10-11H2,(H,19,21,22). The number of hydrogen-bond acceptors (Lipinski definition) is 5. The third-order valence-corrected chi connectivity index (χ3v) is 5.26. The fraction of sp³-hybridized carbons (Fsp3) is 0.118. The molecule has 0 radical (unpaired) electrons. The zero-order valence-electron chi connectivity index (χ0n) is 12.6. The Kier molecular flexibility index (Phi) is 5.85.